The van der Waals surface area contributed by atoms with Gasteiger partial charge in [-0.2, -0.15) is 13.2 Å². The minimum Gasteiger partial charge on any atom is -0.394 e. The van der Waals surface area contributed by atoms with E-state index in [1.165, 1.54) is 0 Å². The Hall–Kier alpha value is -0.290. The van der Waals surface area contributed by atoms with E-state index in [0.29, 0.717) is 6.42 Å². The van der Waals surface area contributed by atoms with Crippen LogP contribution in [0.5, 0.6) is 0 Å². The molecule has 0 saturated heterocycles. The highest BCUT2D eigenvalue weighted by Gasteiger charge is 2.32. The van der Waals surface area contributed by atoms with Crippen molar-refractivity contribution in [2.75, 3.05) is 13.2 Å². The van der Waals surface area contributed by atoms with Gasteiger partial charge in [0.25, 0.3) is 0 Å². The number of nitrogens with one attached hydrogen (secondary N) is 1. The van der Waals surface area contributed by atoms with Gasteiger partial charge in [0.2, 0.25) is 0 Å². The zero-order valence-electron chi connectivity index (χ0n) is 10.0. The average Bonchev–Trinajstić information content (AvgIpc) is 2.21. The maximum atomic E-state index is 12.0. The van der Waals surface area contributed by atoms with Crippen molar-refractivity contribution in [3.63, 3.8) is 0 Å². The minimum absolute atomic E-state index is 0.269. The second kappa shape index (κ2) is 7.12. The van der Waals surface area contributed by atoms with Crippen molar-refractivity contribution < 1.29 is 18.3 Å². The van der Waals surface area contributed by atoms with E-state index in [9.17, 15) is 13.2 Å². The summed E-state index contributed by atoms with van der Waals surface area (Å²) in [5.74, 6) is 0. The van der Waals surface area contributed by atoms with Crippen LogP contribution in [0.3, 0.4) is 0 Å². The van der Waals surface area contributed by atoms with E-state index in [1.807, 2.05) is 0 Å². The van der Waals surface area contributed by atoms with Crippen LogP contribution in [-0.2, 0) is 0 Å². The maximum absolute atomic E-state index is 12.0. The predicted octanol–water partition coefficient (Wildman–Crippen LogP) is 2.86. The van der Waals surface area contributed by atoms with Gasteiger partial charge in [-0.25, -0.2) is 0 Å². The number of aliphatic hydroxyl groups is 1. The third kappa shape index (κ3) is 7.93. The Bertz CT molecular complexity index is 185. The van der Waals surface area contributed by atoms with Crippen LogP contribution in [0.2, 0.25) is 0 Å². The van der Waals surface area contributed by atoms with Crippen molar-refractivity contribution >= 4 is 0 Å². The second-order valence-electron chi connectivity index (χ2n) is 4.50. The lowest BCUT2D eigenvalue weighted by Crippen LogP contribution is -2.49. The third-order valence-electron chi connectivity index (χ3n) is 2.65. The zero-order valence-corrected chi connectivity index (χ0v) is 10.0. The van der Waals surface area contributed by atoms with Crippen molar-refractivity contribution in [2.45, 2.75) is 57.7 Å². The molecule has 0 aromatic heterocycles. The molecule has 0 aliphatic heterocycles. The van der Waals surface area contributed by atoms with Crippen molar-refractivity contribution in [1.29, 1.82) is 0 Å². The van der Waals surface area contributed by atoms with Crippen LogP contribution in [-0.4, -0.2) is 30.0 Å². The SMILES string of the molecule is CCCCCCC(C)(CO)NCC(F)(F)F. The van der Waals surface area contributed by atoms with Crippen LogP contribution >= 0.6 is 0 Å². The van der Waals surface area contributed by atoms with Crippen LogP contribution < -0.4 is 5.32 Å². The Kier molecular flexibility index (Phi) is 6.99. The molecular formula is C11H22F3NO. The number of hydrogen-bond donors (Lipinski definition) is 2. The summed E-state index contributed by atoms with van der Waals surface area (Å²) in [6.07, 6.45) is 0.363. The van der Waals surface area contributed by atoms with Gasteiger partial charge >= 0.3 is 6.18 Å². The Morgan fingerprint density at radius 2 is 1.75 bits per heavy atom. The van der Waals surface area contributed by atoms with Crippen LogP contribution in [0, 0.1) is 0 Å². The summed E-state index contributed by atoms with van der Waals surface area (Å²) in [4.78, 5) is 0. The molecule has 2 N–H and O–H groups in total. The monoisotopic (exact) mass is 241 g/mol. The Balaban J connectivity index is 3.91. The number of halogens is 3. The topological polar surface area (TPSA) is 32.3 Å². The van der Waals surface area contributed by atoms with E-state index in [4.69, 9.17) is 5.11 Å². The summed E-state index contributed by atoms with van der Waals surface area (Å²) < 4.78 is 36.1. The van der Waals surface area contributed by atoms with Crippen LogP contribution in [0.25, 0.3) is 0 Å². The largest absolute Gasteiger partial charge is 0.401 e. The first-order chi connectivity index (χ1) is 7.33. The molecule has 0 aliphatic carbocycles. The lowest BCUT2D eigenvalue weighted by Gasteiger charge is -2.29. The average molecular weight is 241 g/mol. The van der Waals surface area contributed by atoms with E-state index in [1.54, 1.807) is 6.92 Å². The quantitative estimate of drug-likeness (QED) is 0.640. The Labute approximate surface area is 95.2 Å². The number of hydrogen-bond acceptors (Lipinski definition) is 2. The first-order valence-corrected chi connectivity index (χ1v) is 5.75. The van der Waals surface area contributed by atoms with Crippen molar-refractivity contribution in [2.24, 2.45) is 0 Å². The molecule has 16 heavy (non-hydrogen) atoms. The van der Waals surface area contributed by atoms with E-state index < -0.39 is 18.3 Å². The lowest BCUT2D eigenvalue weighted by atomic mass is 9.95. The van der Waals surface area contributed by atoms with Gasteiger partial charge < -0.3 is 10.4 Å². The van der Waals surface area contributed by atoms with E-state index in [0.717, 1.165) is 25.7 Å². The summed E-state index contributed by atoms with van der Waals surface area (Å²) >= 11 is 0. The van der Waals surface area contributed by atoms with Crippen LogP contribution in [0.15, 0.2) is 0 Å². The highest BCUT2D eigenvalue weighted by atomic mass is 19.4. The van der Waals surface area contributed by atoms with Crippen molar-refractivity contribution in [3.05, 3.63) is 0 Å². The molecule has 0 aromatic carbocycles. The normalized spacial score (nSPS) is 16.1. The summed E-state index contributed by atoms with van der Waals surface area (Å²) in [6.45, 7) is 2.39. The van der Waals surface area contributed by atoms with Gasteiger partial charge in [-0.3, -0.25) is 0 Å². The molecular weight excluding hydrogens is 219 g/mol. The molecule has 0 radical (unpaired) electrons. The summed E-state index contributed by atoms with van der Waals surface area (Å²) in [7, 11) is 0. The molecule has 0 spiro atoms. The lowest BCUT2D eigenvalue weighted by molar-refractivity contribution is -0.129. The molecule has 0 amide bonds. The van der Waals surface area contributed by atoms with Gasteiger partial charge in [0.1, 0.15) is 0 Å². The fourth-order valence-corrected chi connectivity index (χ4v) is 1.48. The van der Waals surface area contributed by atoms with Crippen LogP contribution in [0.4, 0.5) is 13.2 Å². The molecule has 0 fully saturated rings. The first kappa shape index (κ1) is 15.7. The molecule has 0 aliphatic rings. The van der Waals surface area contributed by atoms with Gasteiger partial charge in [0.05, 0.1) is 13.2 Å². The van der Waals surface area contributed by atoms with E-state index >= 15 is 0 Å². The Morgan fingerprint density at radius 1 is 1.12 bits per heavy atom. The minimum atomic E-state index is -4.22. The summed E-state index contributed by atoms with van der Waals surface area (Å²) in [6, 6.07) is 0. The smallest absolute Gasteiger partial charge is 0.394 e. The zero-order chi connectivity index (χ0) is 12.7. The van der Waals surface area contributed by atoms with E-state index in [2.05, 4.69) is 12.2 Å². The molecule has 0 bridgehead atoms. The fourth-order valence-electron chi connectivity index (χ4n) is 1.48. The van der Waals surface area contributed by atoms with Gasteiger partial charge in [-0.15, -0.1) is 0 Å². The number of aliphatic hydroxyl groups excluding tert-OH is 1. The molecule has 0 aromatic rings. The summed E-state index contributed by atoms with van der Waals surface area (Å²) in [5.41, 5.74) is -0.816. The molecule has 2 nitrogen and oxygen atoms in total. The third-order valence-corrected chi connectivity index (χ3v) is 2.65. The molecule has 0 rings (SSSR count). The molecule has 98 valence electrons. The molecule has 1 atom stereocenters. The second-order valence-corrected chi connectivity index (χ2v) is 4.50. The van der Waals surface area contributed by atoms with Crippen molar-refractivity contribution in [1.82, 2.24) is 5.32 Å². The molecule has 5 heteroatoms. The van der Waals surface area contributed by atoms with Crippen LogP contribution in [0.1, 0.15) is 46.0 Å². The molecule has 1 unspecified atom stereocenters. The van der Waals surface area contributed by atoms with Gasteiger partial charge in [-0.05, 0) is 13.3 Å². The maximum Gasteiger partial charge on any atom is 0.401 e. The molecule has 0 heterocycles. The molecule has 0 saturated carbocycles. The summed E-state index contributed by atoms with van der Waals surface area (Å²) in [5, 5.41) is 11.5. The Morgan fingerprint density at radius 3 is 2.19 bits per heavy atom. The fraction of sp³-hybridized carbons (Fsp3) is 1.00. The van der Waals surface area contributed by atoms with Gasteiger partial charge in [0.15, 0.2) is 0 Å². The first-order valence-electron chi connectivity index (χ1n) is 5.75. The number of alkyl halides is 3. The number of unbranched alkanes of at least 4 members (excludes halogenated alkanes) is 3. The van der Waals surface area contributed by atoms with Crippen molar-refractivity contribution in [3.8, 4) is 0 Å². The highest BCUT2D eigenvalue weighted by Crippen LogP contribution is 2.18. The van der Waals surface area contributed by atoms with Gasteiger partial charge in [-0.1, -0.05) is 32.6 Å². The van der Waals surface area contributed by atoms with E-state index in [-0.39, 0.29) is 6.61 Å². The standard InChI is InChI=1S/C11H22F3NO/c1-3-4-5-6-7-10(2,9-16)15-8-11(12,13)14/h15-16H,3-9H2,1-2H3. The highest BCUT2D eigenvalue weighted by molar-refractivity contribution is 4.83. The predicted molar refractivity (Wildman–Crippen MR) is 58.3 cm³/mol. The van der Waals surface area contributed by atoms with Gasteiger partial charge in [0, 0.05) is 5.54 Å². The number of rotatable bonds is 8.